The van der Waals surface area contributed by atoms with E-state index in [1.54, 1.807) is 12.1 Å². The number of nitrogens with zero attached hydrogens (tertiary/aromatic N) is 2. The molecule has 2 heterocycles. The Morgan fingerprint density at radius 2 is 1.81 bits per heavy atom. The number of furan rings is 1. The highest BCUT2D eigenvalue weighted by molar-refractivity contribution is 6.30. The Hall–Kier alpha value is -2.31. The minimum Gasteiger partial charge on any atom is -0.459 e. The van der Waals surface area contributed by atoms with E-state index in [9.17, 15) is 9.59 Å². The van der Waals surface area contributed by atoms with E-state index in [4.69, 9.17) is 16.0 Å². The quantitative estimate of drug-likeness (QED) is 0.842. The third-order valence-electron chi connectivity index (χ3n) is 4.41. The van der Waals surface area contributed by atoms with Crippen molar-refractivity contribution < 1.29 is 14.0 Å². The molecule has 1 aromatic carbocycles. The van der Waals surface area contributed by atoms with Gasteiger partial charge in [-0.15, -0.1) is 0 Å². The summed E-state index contributed by atoms with van der Waals surface area (Å²) in [5.41, 5.74) is 1.22. The molecule has 2 amide bonds. The van der Waals surface area contributed by atoms with Crippen LogP contribution in [0.25, 0.3) is 0 Å². The van der Waals surface area contributed by atoms with Crippen molar-refractivity contribution in [1.82, 2.24) is 15.1 Å². The van der Waals surface area contributed by atoms with Gasteiger partial charge in [0.15, 0.2) is 5.76 Å². The number of piperazine rings is 1. The molecular formula is C19H22ClN3O3. The van der Waals surface area contributed by atoms with Crippen LogP contribution in [0.4, 0.5) is 0 Å². The fourth-order valence-corrected chi connectivity index (χ4v) is 3.07. The van der Waals surface area contributed by atoms with Crippen molar-refractivity contribution in [3.63, 3.8) is 0 Å². The van der Waals surface area contributed by atoms with Crippen LogP contribution in [0.1, 0.15) is 22.5 Å². The van der Waals surface area contributed by atoms with Crippen molar-refractivity contribution in [2.24, 2.45) is 0 Å². The molecule has 6 nitrogen and oxygen atoms in total. The molecule has 0 spiro atoms. The maximum atomic E-state index is 12.3. The van der Waals surface area contributed by atoms with Crippen LogP contribution in [0.15, 0.2) is 47.1 Å². The largest absolute Gasteiger partial charge is 0.459 e. The molecular weight excluding hydrogens is 354 g/mol. The highest BCUT2D eigenvalue weighted by atomic mass is 35.5. The van der Waals surface area contributed by atoms with Crippen LogP contribution in [0.5, 0.6) is 0 Å². The lowest BCUT2D eigenvalue weighted by molar-refractivity contribution is -0.132. The van der Waals surface area contributed by atoms with Crippen molar-refractivity contribution in [1.29, 1.82) is 0 Å². The molecule has 1 saturated heterocycles. The third kappa shape index (κ3) is 5.09. The van der Waals surface area contributed by atoms with Gasteiger partial charge in [0.05, 0.1) is 6.26 Å². The van der Waals surface area contributed by atoms with Gasteiger partial charge in [0.25, 0.3) is 5.91 Å². The average Bonchev–Trinajstić information content (AvgIpc) is 3.19. The number of rotatable bonds is 6. The first-order valence-electron chi connectivity index (χ1n) is 8.68. The Morgan fingerprint density at radius 3 is 2.46 bits per heavy atom. The maximum absolute atomic E-state index is 12.3. The molecule has 2 aromatic rings. The fraction of sp³-hybridized carbons (Fsp3) is 0.368. The van der Waals surface area contributed by atoms with Gasteiger partial charge in [-0.05, 0) is 29.8 Å². The summed E-state index contributed by atoms with van der Waals surface area (Å²) in [4.78, 5) is 28.2. The van der Waals surface area contributed by atoms with E-state index in [1.807, 2.05) is 29.2 Å². The fourth-order valence-electron chi connectivity index (χ4n) is 2.94. The molecule has 0 bridgehead atoms. The molecule has 138 valence electrons. The van der Waals surface area contributed by atoms with Crippen LogP contribution in [0.3, 0.4) is 0 Å². The summed E-state index contributed by atoms with van der Waals surface area (Å²) in [6.07, 6.45) is 1.74. The van der Waals surface area contributed by atoms with Crippen molar-refractivity contribution in [2.45, 2.75) is 13.0 Å². The molecule has 1 aliphatic rings. The summed E-state index contributed by atoms with van der Waals surface area (Å²) < 4.78 is 5.02. The second kappa shape index (κ2) is 8.87. The van der Waals surface area contributed by atoms with Gasteiger partial charge < -0.3 is 14.6 Å². The van der Waals surface area contributed by atoms with Crippen LogP contribution in [0.2, 0.25) is 5.02 Å². The van der Waals surface area contributed by atoms with Crippen LogP contribution in [-0.2, 0) is 11.3 Å². The second-order valence-corrected chi connectivity index (χ2v) is 6.70. The summed E-state index contributed by atoms with van der Waals surface area (Å²) >= 11 is 5.91. The third-order valence-corrected chi connectivity index (χ3v) is 4.67. The summed E-state index contributed by atoms with van der Waals surface area (Å²) in [5.74, 6) is 0.0275. The standard InChI is InChI=1S/C19H22ClN3O3/c20-16-5-3-15(4-6-16)14-22-9-11-23(12-10-22)18(24)7-8-21-19(25)17-2-1-13-26-17/h1-6,13H,7-12,14H2,(H,21,25). The lowest BCUT2D eigenvalue weighted by Crippen LogP contribution is -2.48. The Bertz CT molecular complexity index is 723. The zero-order valence-electron chi connectivity index (χ0n) is 14.5. The number of nitrogens with one attached hydrogen (secondary N) is 1. The molecule has 7 heteroatoms. The Kier molecular flexibility index (Phi) is 6.30. The van der Waals surface area contributed by atoms with Gasteiger partial charge >= 0.3 is 0 Å². The number of amides is 2. The number of hydrogen-bond donors (Lipinski definition) is 1. The van der Waals surface area contributed by atoms with Crippen LogP contribution in [-0.4, -0.2) is 54.3 Å². The summed E-state index contributed by atoms with van der Waals surface area (Å²) in [5, 5.41) is 3.44. The van der Waals surface area contributed by atoms with E-state index in [0.717, 1.165) is 24.7 Å². The number of hydrogen-bond acceptors (Lipinski definition) is 4. The molecule has 1 aliphatic heterocycles. The molecule has 26 heavy (non-hydrogen) atoms. The second-order valence-electron chi connectivity index (χ2n) is 6.27. The first kappa shape index (κ1) is 18.5. The highest BCUT2D eigenvalue weighted by Crippen LogP contribution is 2.13. The highest BCUT2D eigenvalue weighted by Gasteiger charge is 2.21. The average molecular weight is 376 g/mol. The SMILES string of the molecule is O=C(NCCC(=O)N1CCN(Cc2ccc(Cl)cc2)CC1)c1ccco1. The van der Waals surface area contributed by atoms with E-state index < -0.39 is 0 Å². The van der Waals surface area contributed by atoms with E-state index in [1.165, 1.54) is 11.8 Å². The van der Waals surface area contributed by atoms with Crippen LogP contribution < -0.4 is 5.32 Å². The lowest BCUT2D eigenvalue weighted by Gasteiger charge is -2.34. The number of carbonyl (C=O) groups excluding carboxylic acids is 2. The molecule has 0 atom stereocenters. The number of halogens is 1. The van der Waals surface area contributed by atoms with E-state index in [2.05, 4.69) is 10.2 Å². The topological polar surface area (TPSA) is 65.8 Å². The molecule has 1 aromatic heterocycles. The van der Waals surface area contributed by atoms with Gasteiger partial charge in [-0.25, -0.2) is 0 Å². The Morgan fingerprint density at radius 1 is 1.08 bits per heavy atom. The van der Waals surface area contributed by atoms with E-state index in [0.29, 0.717) is 26.1 Å². The lowest BCUT2D eigenvalue weighted by atomic mass is 10.2. The van der Waals surface area contributed by atoms with Crippen molar-refractivity contribution in [3.8, 4) is 0 Å². The van der Waals surface area contributed by atoms with Gasteiger partial charge in [0.2, 0.25) is 5.91 Å². The smallest absolute Gasteiger partial charge is 0.286 e. The van der Waals surface area contributed by atoms with E-state index >= 15 is 0 Å². The Balaban J connectivity index is 1.36. The normalized spacial score (nSPS) is 15.0. The monoisotopic (exact) mass is 375 g/mol. The first-order valence-corrected chi connectivity index (χ1v) is 9.06. The van der Waals surface area contributed by atoms with Crippen LogP contribution >= 0.6 is 11.6 Å². The maximum Gasteiger partial charge on any atom is 0.286 e. The van der Waals surface area contributed by atoms with Gasteiger partial charge in [0.1, 0.15) is 0 Å². The van der Waals surface area contributed by atoms with Crippen molar-refractivity contribution >= 4 is 23.4 Å². The van der Waals surface area contributed by atoms with Gasteiger partial charge in [0, 0.05) is 50.7 Å². The van der Waals surface area contributed by atoms with Gasteiger partial charge in [-0.1, -0.05) is 23.7 Å². The molecule has 1 fully saturated rings. The number of benzene rings is 1. The Labute approximate surface area is 157 Å². The van der Waals surface area contributed by atoms with Crippen molar-refractivity contribution in [2.75, 3.05) is 32.7 Å². The minimum atomic E-state index is -0.296. The molecule has 0 radical (unpaired) electrons. The summed E-state index contributed by atoms with van der Waals surface area (Å²) in [7, 11) is 0. The molecule has 3 rings (SSSR count). The minimum absolute atomic E-state index is 0.0656. The molecule has 0 aliphatic carbocycles. The van der Waals surface area contributed by atoms with E-state index in [-0.39, 0.29) is 17.6 Å². The first-order chi connectivity index (χ1) is 12.6. The van der Waals surface area contributed by atoms with Crippen molar-refractivity contribution in [3.05, 3.63) is 59.0 Å². The number of carbonyl (C=O) groups is 2. The molecule has 0 saturated carbocycles. The zero-order chi connectivity index (χ0) is 18.4. The van der Waals surface area contributed by atoms with Crippen LogP contribution in [0, 0.1) is 0 Å². The zero-order valence-corrected chi connectivity index (χ0v) is 15.2. The predicted octanol–water partition coefficient (Wildman–Crippen LogP) is 2.40. The summed E-state index contributed by atoms with van der Waals surface area (Å²) in [6, 6.07) is 11.1. The van der Waals surface area contributed by atoms with Gasteiger partial charge in [-0.2, -0.15) is 0 Å². The molecule has 1 N–H and O–H groups in total. The summed E-state index contributed by atoms with van der Waals surface area (Å²) in [6.45, 7) is 4.26. The predicted molar refractivity (Wildman–Crippen MR) is 99.0 cm³/mol. The molecule has 0 unspecified atom stereocenters. The van der Waals surface area contributed by atoms with Gasteiger partial charge in [-0.3, -0.25) is 14.5 Å².